The number of nitrogens with two attached hydrogens (primary N) is 1. The Labute approximate surface area is 107 Å². The average molecular weight is 252 g/mol. The maximum absolute atomic E-state index is 10.9. The number of para-hydroxylation sites is 1. The summed E-state index contributed by atoms with van der Waals surface area (Å²) in [5.41, 5.74) is 3.66. The number of hydrogen-bond donors (Lipinski definition) is 2. The number of nitrogen functional groups attached to an aromatic ring is 1. The molecule has 0 fully saturated rings. The van der Waals surface area contributed by atoms with Gasteiger partial charge < -0.3 is 10.3 Å². The summed E-state index contributed by atoms with van der Waals surface area (Å²) in [6.07, 6.45) is 0. The molecule has 0 atom stereocenters. The summed E-state index contributed by atoms with van der Waals surface area (Å²) in [6.45, 7) is 5.81. The zero-order valence-corrected chi connectivity index (χ0v) is 11.0. The summed E-state index contributed by atoms with van der Waals surface area (Å²) in [4.78, 5) is 12.6. The highest BCUT2D eigenvalue weighted by Crippen LogP contribution is 2.28. The summed E-state index contributed by atoms with van der Waals surface area (Å²) in [5.74, 6) is 5.94. The van der Waals surface area contributed by atoms with Crippen LogP contribution in [-0.2, 0) is 6.54 Å². The first-order valence-electron chi connectivity index (χ1n) is 5.87. The number of hydrazine groups is 1. The molecule has 100 valence electrons. The fourth-order valence-electron chi connectivity index (χ4n) is 2.02. The Kier molecular flexibility index (Phi) is 5.06. The molecule has 0 saturated heterocycles. The molecule has 0 unspecified atom stereocenters. The van der Waals surface area contributed by atoms with Crippen molar-refractivity contribution >= 4 is 11.4 Å². The highest BCUT2D eigenvalue weighted by molar-refractivity contribution is 5.65. The number of rotatable bonds is 6. The topological polar surface area (TPSA) is 84.4 Å². The lowest BCUT2D eigenvalue weighted by Crippen LogP contribution is -2.24. The second kappa shape index (κ2) is 6.32. The molecule has 0 amide bonds. The quantitative estimate of drug-likeness (QED) is 0.459. The molecule has 0 saturated carbocycles. The number of benzene rings is 1. The zero-order chi connectivity index (χ0) is 13.7. The predicted octanol–water partition coefficient (Wildman–Crippen LogP) is 1.97. The van der Waals surface area contributed by atoms with Crippen molar-refractivity contribution in [1.82, 2.24) is 4.90 Å². The van der Waals surface area contributed by atoms with Crippen molar-refractivity contribution in [2.75, 3.05) is 19.0 Å². The number of hydrogen-bond acceptors (Lipinski definition) is 5. The van der Waals surface area contributed by atoms with Crippen LogP contribution in [0.3, 0.4) is 0 Å². The molecule has 0 aromatic heterocycles. The summed E-state index contributed by atoms with van der Waals surface area (Å²) in [7, 11) is 1.99. The molecule has 0 heterocycles. The summed E-state index contributed by atoms with van der Waals surface area (Å²) in [5, 5.41) is 10.9. The van der Waals surface area contributed by atoms with Crippen LogP contribution < -0.4 is 11.3 Å². The van der Waals surface area contributed by atoms with E-state index < -0.39 is 4.92 Å². The molecule has 3 N–H and O–H groups in total. The molecule has 0 aliphatic rings. The summed E-state index contributed by atoms with van der Waals surface area (Å²) in [6, 6.07) is 4.97. The van der Waals surface area contributed by atoms with Gasteiger partial charge in [0.1, 0.15) is 5.69 Å². The third kappa shape index (κ3) is 3.68. The highest BCUT2D eigenvalue weighted by Gasteiger charge is 2.17. The van der Waals surface area contributed by atoms with Gasteiger partial charge >= 0.3 is 0 Å². The molecule has 0 radical (unpaired) electrons. The maximum Gasteiger partial charge on any atom is 0.293 e. The minimum absolute atomic E-state index is 0.00736. The largest absolute Gasteiger partial charge is 0.318 e. The number of nitro benzene ring substituents is 1. The lowest BCUT2D eigenvalue weighted by molar-refractivity contribution is -0.384. The molecular weight excluding hydrogens is 232 g/mol. The van der Waals surface area contributed by atoms with Gasteiger partial charge in [-0.05, 0) is 18.5 Å². The molecular formula is C12H20N4O2. The summed E-state index contributed by atoms with van der Waals surface area (Å²) < 4.78 is 0. The number of anilines is 1. The Morgan fingerprint density at radius 3 is 2.67 bits per heavy atom. The Hall–Kier alpha value is -1.66. The normalized spacial score (nSPS) is 11.0. The van der Waals surface area contributed by atoms with Gasteiger partial charge in [0.25, 0.3) is 5.69 Å². The Morgan fingerprint density at radius 1 is 1.50 bits per heavy atom. The second-order valence-corrected chi connectivity index (χ2v) is 4.80. The fourth-order valence-corrected chi connectivity index (χ4v) is 2.02. The van der Waals surface area contributed by atoms with Gasteiger partial charge in [0.15, 0.2) is 0 Å². The van der Waals surface area contributed by atoms with Crippen LogP contribution in [0, 0.1) is 16.0 Å². The van der Waals surface area contributed by atoms with E-state index in [4.69, 9.17) is 5.84 Å². The molecule has 0 aliphatic carbocycles. The lowest BCUT2D eigenvalue weighted by atomic mass is 10.1. The van der Waals surface area contributed by atoms with Crippen molar-refractivity contribution in [2.24, 2.45) is 11.8 Å². The molecule has 0 aliphatic heterocycles. The van der Waals surface area contributed by atoms with Crippen LogP contribution in [0.1, 0.15) is 19.4 Å². The van der Waals surface area contributed by atoms with Gasteiger partial charge in [0, 0.05) is 19.2 Å². The zero-order valence-electron chi connectivity index (χ0n) is 11.0. The van der Waals surface area contributed by atoms with Crippen molar-refractivity contribution in [3.05, 3.63) is 33.9 Å². The highest BCUT2D eigenvalue weighted by atomic mass is 16.6. The van der Waals surface area contributed by atoms with Crippen molar-refractivity contribution < 1.29 is 4.92 Å². The van der Waals surface area contributed by atoms with Gasteiger partial charge in [-0.1, -0.05) is 26.0 Å². The molecule has 6 heteroatoms. The van der Waals surface area contributed by atoms with Gasteiger partial charge in [-0.15, -0.1) is 0 Å². The lowest BCUT2D eigenvalue weighted by Gasteiger charge is -2.20. The SMILES string of the molecule is CC(C)CN(C)Cc1cccc([N+](=O)[O-])c1NN. The van der Waals surface area contributed by atoms with Crippen LogP contribution in [-0.4, -0.2) is 23.4 Å². The Balaban J connectivity index is 2.95. The Bertz CT molecular complexity index is 421. The van der Waals surface area contributed by atoms with Gasteiger partial charge in [0.2, 0.25) is 0 Å². The van der Waals surface area contributed by atoms with E-state index in [-0.39, 0.29) is 5.69 Å². The maximum atomic E-state index is 10.9. The monoisotopic (exact) mass is 252 g/mol. The standard InChI is InChI=1S/C12H20N4O2/c1-9(2)7-15(3)8-10-5-4-6-11(16(17)18)12(10)14-13/h4-6,9,14H,7-8,13H2,1-3H3. The van der Waals surface area contributed by atoms with Crippen molar-refractivity contribution in [3.8, 4) is 0 Å². The van der Waals surface area contributed by atoms with E-state index in [0.717, 1.165) is 12.1 Å². The van der Waals surface area contributed by atoms with Crippen LogP contribution >= 0.6 is 0 Å². The van der Waals surface area contributed by atoms with Crippen LogP contribution in [0.15, 0.2) is 18.2 Å². The number of nitrogens with one attached hydrogen (secondary N) is 1. The second-order valence-electron chi connectivity index (χ2n) is 4.80. The molecule has 0 spiro atoms. The van der Waals surface area contributed by atoms with Crippen LogP contribution in [0.4, 0.5) is 11.4 Å². The van der Waals surface area contributed by atoms with Gasteiger partial charge in [-0.25, -0.2) is 0 Å². The van der Waals surface area contributed by atoms with Crippen molar-refractivity contribution in [1.29, 1.82) is 0 Å². The van der Waals surface area contributed by atoms with E-state index in [1.54, 1.807) is 6.07 Å². The molecule has 0 bridgehead atoms. The van der Waals surface area contributed by atoms with E-state index in [9.17, 15) is 10.1 Å². The van der Waals surface area contributed by atoms with Crippen LogP contribution in [0.25, 0.3) is 0 Å². The van der Waals surface area contributed by atoms with E-state index in [1.807, 2.05) is 13.1 Å². The average Bonchev–Trinajstić information content (AvgIpc) is 2.27. The van der Waals surface area contributed by atoms with Gasteiger partial charge in [0.05, 0.1) is 4.92 Å². The first-order chi connectivity index (χ1) is 8.45. The minimum Gasteiger partial charge on any atom is -0.318 e. The van der Waals surface area contributed by atoms with E-state index in [2.05, 4.69) is 24.2 Å². The van der Waals surface area contributed by atoms with Crippen molar-refractivity contribution in [3.63, 3.8) is 0 Å². The van der Waals surface area contributed by atoms with Crippen molar-refractivity contribution in [2.45, 2.75) is 20.4 Å². The fraction of sp³-hybridized carbons (Fsp3) is 0.500. The smallest absolute Gasteiger partial charge is 0.293 e. The molecule has 1 rings (SSSR count). The van der Waals surface area contributed by atoms with Gasteiger partial charge in [-0.2, -0.15) is 0 Å². The minimum atomic E-state index is -0.429. The first-order valence-corrected chi connectivity index (χ1v) is 5.87. The van der Waals surface area contributed by atoms with Crippen LogP contribution in [0.5, 0.6) is 0 Å². The number of nitro groups is 1. The van der Waals surface area contributed by atoms with Gasteiger partial charge in [-0.3, -0.25) is 16.0 Å². The third-order valence-electron chi connectivity index (χ3n) is 2.59. The number of nitrogens with zero attached hydrogens (tertiary/aromatic N) is 2. The molecule has 1 aromatic rings. The molecule has 6 nitrogen and oxygen atoms in total. The van der Waals surface area contributed by atoms with E-state index in [1.165, 1.54) is 6.07 Å². The Morgan fingerprint density at radius 2 is 2.17 bits per heavy atom. The first kappa shape index (κ1) is 14.4. The third-order valence-corrected chi connectivity index (χ3v) is 2.59. The molecule has 1 aromatic carbocycles. The van der Waals surface area contributed by atoms with E-state index in [0.29, 0.717) is 18.2 Å². The molecule has 18 heavy (non-hydrogen) atoms. The van der Waals surface area contributed by atoms with Crippen LogP contribution in [0.2, 0.25) is 0 Å². The predicted molar refractivity (Wildman–Crippen MR) is 72.1 cm³/mol. The summed E-state index contributed by atoms with van der Waals surface area (Å²) >= 11 is 0. The van der Waals surface area contributed by atoms with E-state index >= 15 is 0 Å².